The second-order valence-corrected chi connectivity index (χ2v) is 7.45. The summed E-state index contributed by atoms with van der Waals surface area (Å²) < 4.78 is 33.2. The van der Waals surface area contributed by atoms with Crippen LogP contribution in [0, 0.1) is 0 Å². The van der Waals surface area contributed by atoms with Crippen LogP contribution >= 0.6 is 0 Å². The first-order valence-electron chi connectivity index (χ1n) is 7.59. The topological polar surface area (TPSA) is 114 Å². The zero-order chi connectivity index (χ0) is 18.0. The normalized spacial score (nSPS) is 15.9. The van der Waals surface area contributed by atoms with Crippen LogP contribution in [0.2, 0.25) is 0 Å². The molecule has 1 fully saturated rings. The highest BCUT2D eigenvalue weighted by Crippen LogP contribution is 2.22. The monoisotopic (exact) mass is 366 g/mol. The molecule has 2 aromatic rings. The summed E-state index contributed by atoms with van der Waals surface area (Å²) in [6.45, 7) is 1.25. The van der Waals surface area contributed by atoms with E-state index < -0.39 is 15.9 Å². The number of nitrogens with zero attached hydrogens (tertiary/aromatic N) is 3. The van der Waals surface area contributed by atoms with Crippen LogP contribution in [0.15, 0.2) is 35.5 Å². The van der Waals surface area contributed by atoms with Crippen LogP contribution in [-0.4, -0.2) is 59.6 Å². The summed E-state index contributed by atoms with van der Waals surface area (Å²) in [5.74, 6) is -0.738. The van der Waals surface area contributed by atoms with E-state index in [9.17, 15) is 18.3 Å². The molecule has 1 aliphatic heterocycles. The molecular formula is C15H18N4O5S. The molecule has 3 heterocycles. The van der Waals surface area contributed by atoms with E-state index in [2.05, 4.69) is 10.3 Å². The third-order valence-electron chi connectivity index (χ3n) is 3.84. The summed E-state index contributed by atoms with van der Waals surface area (Å²) in [6, 6.07) is 4.22. The quantitative estimate of drug-likeness (QED) is 0.810. The molecule has 2 N–H and O–H groups in total. The molecular weight excluding hydrogens is 348 g/mol. The average molecular weight is 366 g/mol. The first kappa shape index (κ1) is 17.4. The van der Waals surface area contributed by atoms with E-state index in [0.29, 0.717) is 13.2 Å². The number of hydrogen-bond acceptors (Lipinski definition) is 6. The molecule has 1 amide bonds. The molecule has 9 nitrogen and oxygen atoms in total. The third-order valence-corrected chi connectivity index (χ3v) is 5.70. The number of carbonyl (C=O) groups excluding carboxylic acids is 1. The number of sulfonamides is 1. The number of ether oxygens (including phenoxy) is 1. The van der Waals surface area contributed by atoms with Crippen molar-refractivity contribution in [1.82, 2.24) is 13.9 Å². The number of aromatic hydroxyl groups is 1. The van der Waals surface area contributed by atoms with Crippen molar-refractivity contribution in [2.24, 2.45) is 7.05 Å². The lowest BCUT2D eigenvalue weighted by atomic mass is 10.3. The lowest BCUT2D eigenvalue weighted by Gasteiger charge is -2.25. The molecule has 0 aliphatic carbocycles. The van der Waals surface area contributed by atoms with Crippen molar-refractivity contribution in [1.29, 1.82) is 0 Å². The largest absolute Gasteiger partial charge is 0.504 e. The molecule has 0 unspecified atom stereocenters. The summed E-state index contributed by atoms with van der Waals surface area (Å²) in [5, 5.41) is 12.1. The minimum Gasteiger partial charge on any atom is -0.504 e. The minimum absolute atomic E-state index is 0.00582. The Kier molecular flexibility index (Phi) is 4.75. The Hall–Kier alpha value is -2.43. The summed E-state index contributed by atoms with van der Waals surface area (Å²) in [5.41, 5.74) is 0.136. The van der Waals surface area contributed by atoms with Gasteiger partial charge in [-0.3, -0.25) is 4.79 Å². The minimum atomic E-state index is -3.69. The van der Waals surface area contributed by atoms with Crippen molar-refractivity contribution in [3.05, 3.63) is 36.3 Å². The third kappa shape index (κ3) is 3.50. The molecule has 0 bridgehead atoms. The maximum atomic E-state index is 12.7. The van der Waals surface area contributed by atoms with E-state index in [-0.39, 0.29) is 35.2 Å². The van der Waals surface area contributed by atoms with E-state index in [0.717, 1.165) is 0 Å². The number of anilines is 1. The van der Waals surface area contributed by atoms with Gasteiger partial charge < -0.3 is 19.7 Å². The van der Waals surface area contributed by atoms with Crippen LogP contribution in [0.4, 0.5) is 5.82 Å². The van der Waals surface area contributed by atoms with Gasteiger partial charge in [-0.2, -0.15) is 4.31 Å². The number of hydrogen-bond donors (Lipinski definition) is 2. The first-order chi connectivity index (χ1) is 11.9. The summed E-state index contributed by atoms with van der Waals surface area (Å²) in [6.07, 6.45) is 2.81. The summed E-state index contributed by atoms with van der Waals surface area (Å²) in [7, 11) is -2.12. The zero-order valence-corrected chi connectivity index (χ0v) is 14.4. The van der Waals surface area contributed by atoms with E-state index in [1.54, 1.807) is 7.05 Å². The number of nitrogens with one attached hydrogen (secondary N) is 1. The van der Waals surface area contributed by atoms with Crippen molar-refractivity contribution >= 4 is 21.7 Å². The van der Waals surface area contributed by atoms with Gasteiger partial charge in [-0.25, -0.2) is 13.4 Å². The molecule has 1 aliphatic rings. The van der Waals surface area contributed by atoms with E-state index in [1.807, 2.05) is 0 Å². The highest BCUT2D eigenvalue weighted by molar-refractivity contribution is 7.89. The molecule has 1 saturated heterocycles. The van der Waals surface area contributed by atoms with Crippen molar-refractivity contribution in [3.63, 3.8) is 0 Å². The Bertz CT molecular complexity index is 887. The maximum absolute atomic E-state index is 12.7. The molecule has 3 rings (SSSR count). The molecule has 0 saturated carbocycles. The van der Waals surface area contributed by atoms with Crippen LogP contribution in [0.1, 0.15) is 10.5 Å². The van der Waals surface area contributed by atoms with E-state index in [4.69, 9.17) is 4.74 Å². The number of carbonyl (C=O) groups is 1. The molecule has 0 atom stereocenters. The van der Waals surface area contributed by atoms with E-state index >= 15 is 0 Å². The number of aromatic nitrogens is 2. The second-order valence-electron chi connectivity index (χ2n) is 5.51. The fourth-order valence-corrected chi connectivity index (χ4v) is 3.98. The van der Waals surface area contributed by atoms with Gasteiger partial charge in [0.15, 0.2) is 11.6 Å². The van der Waals surface area contributed by atoms with E-state index in [1.165, 1.54) is 39.5 Å². The van der Waals surface area contributed by atoms with Crippen LogP contribution in [-0.2, 0) is 21.8 Å². The number of rotatable bonds is 4. The van der Waals surface area contributed by atoms with Gasteiger partial charge in [-0.1, -0.05) is 0 Å². The van der Waals surface area contributed by atoms with Crippen molar-refractivity contribution in [2.75, 3.05) is 31.6 Å². The zero-order valence-electron chi connectivity index (χ0n) is 13.5. The number of pyridine rings is 1. The maximum Gasteiger partial charge on any atom is 0.273 e. The molecule has 0 radical (unpaired) electrons. The summed E-state index contributed by atoms with van der Waals surface area (Å²) >= 11 is 0. The Morgan fingerprint density at radius 1 is 1.36 bits per heavy atom. The van der Waals surface area contributed by atoms with Gasteiger partial charge >= 0.3 is 0 Å². The molecule has 25 heavy (non-hydrogen) atoms. The van der Waals surface area contributed by atoms with Crippen LogP contribution in [0.25, 0.3) is 0 Å². The lowest BCUT2D eigenvalue weighted by molar-refractivity contribution is 0.0730. The Labute approximate surface area is 144 Å². The van der Waals surface area contributed by atoms with Gasteiger partial charge in [-0.15, -0.1) is 0 Å². The average Bonchev–Trinajstić information content (AvgIpc) is 3.00. The molecule has 0 aromatic carbocycles. The highest BCUT2D eigenvalue weighted by atomic mass is 32.2. The smallest absolute Gasteiger partial charge is 0.273 e. The highest BCUT2D eigenvalue weighted by Gasteiger charge is 2.29. The first-order valence-corrected chi connectivity index (χ1v) is 9.03. The SMILES string of the molecule is Cn1cc(S(=O)(=O)N2CCOCC2)cc1C(=O)Nc1ncccc1O. The van der Waals surface area contributed by atoms with Gasteiger partial charge in [0.1, 0.15) is 10.6 Å². The van der Waals surface area contributed by atoms with Gasteiger partial charge in [-0.05, 0) is 18.2 Å². The Morgan fingerprint density at radius 3 is 2.76 bits per heavy atom. The Balaban J connectivity index is 1.84. The molecule has 10 heteroatoms. The lowest BCUT2D eigenvalue weighted by Crippen LogP contribution is -2.40. The van der Waals surface area contributed by atoms with Gasteiger partial charge in [0, 0.05) is 32.5 Å². The molecule has 0 spiro atoms. The predicted molar refractivity (Wildman–Crippen MR) is 88.8 cm³/mol. The van der Waals surface area contributed by atoms with Gasteiger partial charge in [0.2, 0.25) is 10.0 Å². The standard InChI is InChI=1S/C15H18N4O5S/c1-18-10-11(25(22,23)19-5-7-24-8-6-19)9-12(18)15(21)17-14-13(20)3-2-4-16-14/h2-4,9-10,20H,5-8H2,1H3,(H,16,17,21). The van der Waals surface area contributed by atoms with Crippen LogP contribution in [0.3, 0.4) is 0 Å². The fraction of sp³-hybridized carbons (Fsp3) is 0.333. The van der Waals surface area contributed by atoms with Crippen molar-refractivity contribution in [2.45, 2.75) is 4.90 Å². The van der Waals surface area contributed by atoms with Crippen LogP contribution < -0.4 is 5.32 Å². The number of aryl methyl sites for hydroxylation is 1. The van der Waals surface area contributed by atoms with Crippen LogP contribution in [0.5, 0.6) is 5.75 Å². The summed E-state index contributed by atoms with van der Waals surface area (Å²) in [4.78, 5) is 16.3. The van der Waals surface area contributed by atoms with Crippen molar-refractivity contribution in [3.8, 4) is 5.75 Å². The fourth-order valence-electron chi connectivity index (χ4n) is 2.50. The molecule has 134 valence electrons. The second kappa shape index (κ2) is 6.82. The van der Waals surface area contributed by atoms with Crippen molar-refractivity contribution < 1.29 is 23.1 Å². The van der Waals surface area contributed by atoms with Gasteiger partial charge in [0.25, 0.3) is 5.91 Å². The number of morpholine rings is 1. The molecule has 2 aromatic heterocycles. The number of amides is 1. The predicted octanol–water partition coefficient (Wildman–Crippen LogP) is 0.399. The van der Waals surface area contributed by atoms with Gasteiger partial charge in [0.05, 0.1) is 13.2 Å². The Morgan fingerprint density at radius 2 is 2.08 bits per heavy atom.